The van der Waals surface area contributed by atoms with E-state index in [-0.39, 0.29) is 12.5 Å². The predicted molar refractivity (Wildman–Crippen MR) is 104 cm³/mol. The maximum Gasteiger partial charge on any atom is 0.243 e. The molecule has 0 bridgehead atoms. The molecule has 7 heteroatoms. The van der Waals surface area contributed by atoms with E-state index in [1.165, 1.54) is 0 Å². The number of hydrogen-bond acceptors (Lipinski definition) is 5. The van der Waals surface area contributed by atoms with Crippen LogP contribution in [-0.4, -0.2) is 32.8 Å². The first-order chi connectivity index (χ1) is 12.6. The van der Waals surface area contributed by atoms with Crippen molar-refractivity contribution in [3.05, 3.63) is 41.4 Å². The zero-order valence-electron chi connectivity index (χ0n) is 15.1. The van der Waals surface area contributed by atoms with E-state index in [0.29, 0.717) is 41.2 Å². The lowest BCUT2D eigenvalue weighted by molar-refractivity contribution is -0.114. The Hall–Kier alpha value is -2.60. The van der Waals surface area contributed by atoms with Crippen molar-refractivity contribution in [2.45, 2.75) is 13.8 Å². The lowest BCUT2D eigenvalue weighted by Crippen LogP contribution is -2.22. The Morgan fingerprint density at radius 1 is 1.04 bits per heavy atom. The van der Waals surface area contributed by atoms with E-state index in [4.69, 9.17) is 25.8 Å². The van der Waals surface area contributed by atoms with Crippen molar-refractivity contribution in [2.75, 3.05) is 37.5 Å². The van der Waals surface area contributed by atoms with Gasteiger partial charge in [-0.25, -0.2) is 0 Å². The van der Waals surface area contributed by atoms with Crippen LogP contribution < -0.4 is 24.8 Å². The third kappa shape index (κ3) is 5.46. The Morgan fingerprint density at radius 2 is 1.77 bits per heavy atom. The summed E-state index contributed by atoms with van der Waals surface area (Å²) in [6.45, 7) is 4.91. The molecule has 0 spiro atoms. The van der Waals surface area contributed by atoms with E-state index < -0.39 is 0 Å². The number of rotatable bonds is 9. The zero-order chi connectivity index (χ0) is 18.9. The maximum absolute atomic E-state index is 12.3. The number of carbonyl (C=O) groups is 1. The van der Waals surface area contributed by atoms with Crippen molar-refractivity contribution in [2.24, 2.45) is 0 Å². The first-order valence-electron chi connectivity index (χ1n) is 8.34. The Bertz CT molecular complexity index is 752. The summed E-state index contributed by atoms with van der Waals surface area (Å²) < 4.78 is 16.1. The monoisotopic (exact) mass is 378 g/mol. The molecule has 6 nitrogen and oxygen atoms in total. The van der Waals surface area contributed by atoms with Gasteiger partial charge in [-0.1, -0.05) is 11.6 Å². The topological polar surface area (TPSA) is 68.8 Å². The fourth-order valence-electron chi connectivity index (χ4n) is 2.30. The smallest absolute Gasteiger partial charge is 0.243 e. The van der Waals surface area contributed by atoms with Crippen molar-refractivity contribution in [3.63, 3.8) is 0 Å². The van der Waals surface area contributed by atoms with E-state index in [0.717, 1.165) is 5.69 Å². The highest BCUT2D eigenvalue weighted by Gasteiger charge is 2.10. The van der Waals surface area contributed by atoms with Gasteiger partial charge in [0.1, 0.15) is 17.2 Å². The number of amides is 1. The van der Waals surface area contributed by atoms with Crippen molar-refractivity contribution in [3.8, 4) is 17.2 Å². The van der Waals surface area contributed by atoms with Gasteiger partial charge >= 0.3 is 0 Å². The van der Waals surface area contributed by atoms with Gasteiger partial charge in [-0.15, -0.1) is 0 Å². The molecule has 0 unspecified atom stereocenters. The van der Waals surface area contributed by atoms with Crippen LogP contribution >= 0.6 is 11.6 Å². The molecule has 140 valence electrons. The number of halogens is 1. The lowest BCUT2D eigenvalue weighted by atomic mass is 10.2. The highest BCUT2D eigenvalue weighted by Crippen LogP contribution is 2.30. The summed E-state index contributed by atoms with van der Waals surface area (Å²) in [7, 11) is 1.55. The highest BCUT2D eigenvalue weighted by atomic mass is 35.5. The van der Waals surface area contributed by atoms with Crippen LogP contribution in [0.5, 0.6) is 17.2 Å². The number of hydrogen-bond donors (Lipinski definition) is 2. The number of carbonyl (C=O) groups excluding carboxylic acids is 1. The molecule has 0 aromatic heterocycles. The molecule has 0 aliphatic carbocycles. The number of ether oxygens (including phenoxy) is 3. The van der Waals surface area contributed by atoms with E-state index in [2.05, 4.69) is 10.6 Å². The first kappa shape index (κ1) is 19.7. The second-order valence-corrected chi connectivity index (χ2v) is 5.68. The number of benzene rings is 2. The lowest BCUT2D eigenvalue weighted by Gasteiger charge is -2.14. The molecule has 26 heavy (non-hydrogen) atoms. The SMILES string of the molecule is CCOc1ccc(OCC)c(NC(=O)CNc2ccc(OC)c(Cl)c2)c1. The van der Waals surface area contributed by atoms with Crippen LogP contribution in [0.2, 0.25) is 5.02 Å². The molecule has 0 aliphatic heterocycles. The number of anilines is 2. The second-order valence-electron chi connectivity index (χ2n) is 5.28. The van der Waals surface area contributed by atoms with Crippen molar-refractivity contribution in [1.82, 2.24) is 0 Å². The van der Waals surface area contributed by atoms with E-state index in [9.17, 15) is 4.79 Å². The molecule has 0 radical (unpaired) electrons. The summed E-state index contributed by atoms with van der Waals surface area (Å²) in [6, 6.07) is 10.6. The standard InChI is InChI=1S/C19H23ClN2O4/c1-4-25-14-7-9-18(26-5-2)16(11-14)22-19(23)12-21-13-6-8-17(24-3)15(20)10-13/h6-11,21H,4-5,12H2,1-3H3,(H,22,23). The van der Waals surface area contributed by atoms with Gasteiger partial charge in [0.25, 0.3) is 0 Å². The summed E-state index contributed by atoms with van der Waals surface area (Å²) >= 11 is 6.08. The van der Waals surface area contributed by atoms with Crippen LogP contribution in [0.4, 0.5) is 11.4 Å². The predicted octanol–water partition coefficient (Wildman–Crippen LogP) is 4.20. The molecule has 0 saturated carbocycles. The van der Waals surface area contributed by atoms with Gasteiger partial charge in [0.15, 0.2) is 0 Å². The Labute approximate surface area is 158 Å². The third-order valence-corrected chi connectivity index (χ3v) is 3.74. The van der Waals surface area contributed by atoms with E-state index >= 15 is 0 Å². The molecule has 2 aromatic carbocycles. The molecule has 2 rings (SSSR count). The van der Waals surface area contributed by atoms with Gasteiger partial charge in [-0.3, -0.25) is 4.79 Å². The van der Waals surface area contributed by atoms with Crippen LogP contribution in [-0.2, 0) is 4.79 Å². The quantitative estimate of drug-likeness (QED) is 0.684. The molecule has 0 aliphatic rings. The molecule has 0 heterocycles. The van der Waals surface area contributed by atoms with Crippen LogP contribution in [0.3, 0.4) is 0 Å². The average molecular weight is 379 g/mol. The Morgan fingerprint density at radius 3 is 2.42 bits per heavy atom. The maximum atomic E-state index is 12.3. The zero-order valence-corrected chi connectivity index (χ0v) is 15.9. The van der Waals surface area contributed by atoms with Gasteiger partial charge < -0.3 is 24.8 Å². The minimum absolute atomic E-state index is 0.0765. The number of methoxy groups -OCH3 is 1. The largest absolute Gasteiger partial charge is 0.495 e. The van der Waals surface area contributed by atoms with E-state index in [1.807, 2.05) is 19.9 Å². The highest BCUT2D eigenvalue weighted by molar-refractivity contribution is 6.32. The Balaban J connectivity index is 2.02. The van der Waals surface area contributed by atoms with Crippen molar-refractivity contribution >= 4 is 28.9 Å². The van der Waals surface area contributed by atoms with Gasteiger partial charge in [-0.05, 0) is 44.2 Å². The van der Waals surface area contributed by atoms with Crippen LogP contribution in [0.15, 0.2) is 36.4 Å². The molecule has 2 N–H and O–H groups in total. The molecule has 1 amide bonds. The van der Waals surface area contributed by atoms with Gasteiger partial charge in [-0.2, -0.15) is 0 Å². The fourth-order valence-corrected chi connectivity index (χ4v) is 2.56. The molecular formula is C19H23ClN2O4. The minimum atomic E-state index is -0.216. The van der Waals surface area contributed by atoms with Crippen LogP contribution in [0.25, 0.3) is 0 Å². The molecular weight excluding hydrogens is 356 g/mol. The minimum Gasteiger partial charge on any atom is -0.495 e. The molecule has 0 saturated heterocycles. The molecule has 2 aromatic rings. The summed E-state index contributed by atoms with van der Waals surface area (Å²) in [5, 5.41) is 6.33. The van der Waals surface area contributed by atoms with E-state index in [1.54, 1.807) is 37.4 Å². The molecule has 0 atom stereocenters. The third-order valence-electron chi connectivity index (χ3n) is 3.44. The Kier molecular flexibility index (Phi) is 7.41. The van der Waals surface area contributed by atoms with Crippen molar-refractivity contribution < 1.29 is 19.0 Å². The van der Waals surface area contributed by atoms with Crippen molar-refractivity contribution in [1.29, 1.82) is 0 Å². The second kappa shape index (κ2) is 9.77. The summed E-state index contributed by atoms with van der Waals surface area (Å²) in [5.41, 5.74) is 1.29. The van der Waals surface area contributed by atoms with Gasteiger partial charge in [0.05, 0.1) is 37.6 Å². The molecule has 0 fully saturated rings. The average Bonchev–Trinajstić information content (AvgIpc) is 2.62. The first-order valence-corrected chi connectivity index (χ1v) is 8.72. The van der Waals surface area contributed by atoms with Gasteiger partial charge in [0, 0.05) is 11.8 Å². The fraction of sp³-hybridized carbons (Fsp3) is 0.316. The van der Waals surface area contributed by atoms with Gasteiger partial charge in [0.2, 0.25) is 5.91 Å². The van der Waals surface area contributed by atoms with Crippen LogP contribution in [0, 0.1) is 0 Å². The number of nitrogens with one attached hydrogen (secondary N) is 2. The summed E-state index contributed by atoms with van der Waals surface area (Å²) in [6.07, 6.45) is 0. The normalized spacial score (nSPS) is 10.2. The van der Waals surface area contributed by atoms with Crippen LogP contribution in [0.1, 0.15) is 13.8 Å². The summed E-state index contributed by atoms with van der Waals surface area (Å²) in [4.78, 5) is 12.3. The summed E-state index contributed by atoms with van der Waals surface area (Å²) in [5.74, 6) is 1.63.